The summed E-state index contributed by atoms with van der Waals surface area (Å²) in [4.78, 5) is 12.5. The summed E-state index contributed by atoms with van der Waals surface area (Å²) < 4.78 is 51.3. The van der Waals surface area contributed by atoms with Crippen LogP contribution in [-0.2, 0) is 26.9 Å². The molecule has 140 valence electrons. The predicted octanol–water partition coefficient (Wildman–Crippen LogP) is 0.117. The second-order valence-corrected chi connectivity index (χ2v) is 10.9. The Morgan fingerprint density at radius 1 is 1.24 bits per heavy atom. The van der Waals surface area contributed by atoms with E-state index in [9.17, 15) is 21.6 Å². The minimum Gasteiger partial charge on any atom is -0.347 e. The van der Waals surface area contributed by atoms with Gasteiger partial charge < -0.3 is 9.88 Å². The number of sulfone groups is 1. The van der Waals surface area contributed by atoms with Gasteiger partial charge in [0.25, 0.3) is 5.91 Å². The Hall–Kier alpha value is -1.39. The van der Waals surface area contributed by atoms with Crippen molar-refractivity contribution in [1.82, 2.24) is 14.2 Å². The van der Waals surface area contributed by atoms with Crippen molar-refractivity contribution in [2.75, 3.05) is 24.6 Å². The molecule has 10 heteroatoms. The van der Waals surface area contributed by atoms with E-state index in [4.69, 9.17) is 0 Å². The maximum atomic E-state index is 12.7. The Kier molecular flexibility index (Phi) is 4.95. The third-order valence-corrected chi connectivity index (χ3v) is 8.36. The van der Waals surface area contributed by atoms with Crippen molar-refractivity contribution in [2.24, 2.45) is 7.05 Å². The molecule has 1 unspecified atom stereocenters. The Morgan fingerprint density at radius 3 is 2.52 bits per heavy atom. The number of nitrogens with zero attached hydrogens (tertiary/aromatic N) is 2. The number of piperidine rings is 1. The van der Waals surface area contributed by atoms with E-state index in [0.717, 1.165) is 19.3 Å². The lowest BCUT2D eigenvalue weighted by molar-refractivity contribution is 0.0933. The van der Waals surface area contributed by atoms with Gasteiger partial charge in [0.05, 0.1) is 11.5 Å². The van der Waals surface area contributed by atoms with Crippen LogP contribution in [0.25, 0.3) is 0 Å². The van der Waals surface area contributed by atoms with Crippen LogP contribution in [0.15, 0.2) is 17.2 Å². The number of carbonyl (C=O) groups is 1. The number of carbonyl (C=O) groups excluding carboxylic acids is 1. The fourth-order valence-corrected chi connectivity index (χ4v) is 6.59. The molecule has 3 heterocycles. The van der Waals surface area contributed by atoms with Gasteiger partial charge in [0.2, 0.25) is 10.0 Å². The molecule has 0 aliphatic carbocycles. The molecule has 1 N–H and O–H groups in total. The largest absolute Gasteiger partial charge is 0.347 e. The molecule has 1 amide bonds. The summed E-state index contributed by atoms with van der Waals surface area (Å²) >= 11 is 0. The highest BCUT2D eigenvalue weighted by Crippen LogP contribution is 2.22. The van der Waals surface area contributed by atoms with E-state index in [0.29, 0.717) is 19.5 Å². The van der Waals surface area contributed by atoms with Gasteiger partial charge in [0, 0.05) is 32.4 Å². The zero-order valence-electron chi connectivity index (χ0n) is 14.1. The minimum atomic E-state index is -3.61. The van der Waals surface area contributed by atoms with Crippen LogP contribution in [0.5, 0.6) is 0 Å². The lowest BCUT2D eigenvalue weighted by Gasteiger charge is -2.25. The summed E-state index contributed by atoms with van der Waals surface area (Å²) in [6.07, 6.45) is 4.53. The number of aromatic nitrogens is 1. The number of nitrogens with one attached hydrogen (secondary N) is 1. The van der Waals surface area contributed by atoms with E-state index in [1.807, 2.05) is 0 Å². The lowest BCUT2D eigenvalue weighted by atomic mass is 10.2. The molecule has 0 bridgehead atoms. The van der Waals surface area contributed by atoms with Crippen molar-refractivity contribution in [3.8, 4) is 0 Å². The summed E-state index contributed by atoms with van der Waals surface area (Å²) in [7, 11) is -5.09. The van der Waals surface area contributed by atoms with Gasteiger partial charge in [0.1, 0.15) is 10.6 Å². The average Bonchev–Trinajstić information content (AvgIpc) is 3.11. The highest BCUT2D eigenvalue weighted by molar-refractivity contribution is 7.91. The summed E-state index contributed by atoms with van der Waals surface area (Å²) in [6, 6.07) is 0.942. The molecular formula is C15H23N3O5S2. The van der Waals surface area contributed by atoms with Gasteiger partial charge in [-0.05, 0) is 25.3 Å². The number of amides is 1. The quantitative estimate of drug-likeness (QED) is 0.787. The zero-order valence-corrected chi connectivity index (χ0v) is 15.8. The van der Waals surface area contributed by atoms with Crippen molar-refractivity contribution in [3.63, 3.8) is 0 Å². The van der Waals surface area contributed by atoms with Crippen LogP contribution in [-0.4, -0.2) is 62.3 Å². The summed E-state index contributed by atoms with van der Waals surface area (Å²) in [6.45, 7) is 0.997. The number of aryl methyl sites for hydroxylation is 1. The highest BCUT2D eigenvalue weighted by atomic mass is 32.2. The molecule has 2 fully saturated rings. The monoisotopic (exact) mass is 389 g/mol. The zero-order chi connectivity index (χ0) is 18.2. The summed E-state index contributed by atoms with van der Waals surface area (Å²) in [5, 5.41) is 2.69. The molecular weight excluding hydrogens is 366 g/mol. The van der Waals surface area contributed by atoms with E-state index in [1.165, 1.54) is 21.1 Å². The smallest absolute Gasteiger partial charge is 0.268 e. The molecule has 2 saturated heterocycles. The number of sulfonamides is 1. The predicted molar refractivity (Wildman–Crippen MR) is 92.5 cm³/mol. The Balaban J connectivity index is 1.76. The van der Waals surface area contributed by atoms with Gasteiger partial charge in [-0.2, -0.15) is 4.31 Å². The third kappa shape index (κ3) is 3.90. The number of hydrogen-bond donors (Lipinski definition) is 1. The van der Waals surface area contributed by atoms with E-state index in [1.54, 1.807) is 7.05 Å². The molecule has 2 aliphatic heterocycles. The summed E-state index contributed by atoms with van der Waals surface area (Å²) in [5.41, 5.74) is 0.208. The molecule has 3 rings (SSSR count). The molecule has 1 aromatic rings. The van der Waals surface area contributed by atoms with E-state index < -0.39 is 31.8 Å². The topological polar surface area (TPSA) is 106 Å². The SMILES string of the molecule is Cn1cc(S(=O)(=O)N2CCCCC2)cc1C(=O)NC1CCS(=O)(=O)C1. The minimum absolute atomic E-state index is 0.0674. The first-order valence-corrected chi connectivity index (χ1v) is 11.6. The fraction of sp³-hybridized carbons (Fsp3) is 0.667. The normalized spacial score (nSPS) is 24.3. The van der Waals surface area contributed by atoms with Crippen LogP contribution in [0.2, 0.25) is 0 Å². The molecule has 1 atom stereocenters. The first-order chi connectivity index (χ1) is 11.7. The van der Waals surface area contributed by atoms with E-state index in [2.05, 4.69) is 5.32 Å². The van der Waals surface area contributed by atoms with Gasteiger partial charge in [-0.25, -0.2) is 16.8 Å². The molecule has 0 spiro atoms. The van der Waals surface area contributed by atoms with E-state index >= 15 is 0 Å². The summed E-state index contributed by atoms with van der Waals surface area (Å²) in [5.74, 6) is -0.452. The van der Waals surface area contributed by atoms with Crippen LogP contribution in [0, 0.1) is 0 Å². The van der Waals surface area contributed by atoms with Gasteiger partial charge in [-0.3, -0.25) is 4.79 Å². The Bertz CT molecular complexity index is 867. The van der Waals surface area contributed by atoms with Gasteiger partial charge in [0.15, 0.2) is 9.84 Å². The lowest BCUT2D eigenvalue weighted by Crippen LogP contribution is -2.36. The van der Waals surface area contributed by atoms with E-state index in [-0.39, 0.29) is 22.1 Å². The molecule has 8 nitrogen and oxygen atoms in total. The maximum absolute atomic E-state index is 12.7. The molecule has 0 aromatic carbocycles. The Labute approximate surface area is 148 Å². The van der Waals surface area contributed by atoms with Crippen molar-refractivity contribution >= 4 is 25.8 Å². The average molecular weight is 389 g/mol. The standard InChI is InChI=1S/C15H23N3O5S2/c1-17-10-13(25(22,23)18-6-3-2-4-7-18)9-14(17)15(19)16-12-5-8-24(20,21)11-12/h9-10,12H,2-8,11H2,1H3,(H,16,19). The first kappa shape index (κ1) is 18.4. The molecule has 0 radical (unpaired) electrons. The number of rotatable bonds is 4. The molecule has 25 heavy (non-hydrogen) atoms. The fourth-order valence-electron chi connectivity index (χ4n) is 3.32. The van der Waals surface area contributed by atoms with Crippen molar-refractivity contribution in [3.05, 3.63) is 18.0 Å². The van der Waals surface area contributed by atoms with Crippen LogP contribution in [0.4, 0.5) is 0 Å². The van der Waals surface area contributed by atoms with Crippen LogP contribution in [0.1, 0.15) is 36.2 Å². The molecule has 1 aromatic heterocycles. The van der Waals surface area contributed by atoms with Gasteiger partial charge in [-0.1, -0.05) is 6.42 Å². The van der Waals surface area contributed by atoms with Crippen molar-refractivity contribution < 1.29 is 21.6 Å². The maximum Gasteiger partial charge on any atom is 0.268 e. The van der Waals surface area contributed by atoms with Crippen LogP contribution >= 0.6 is 0 Å². The van der Waals surface area contributed by atoms with Gasteiger partial charge >= 0.3 is 0 Å². The van der Waals surface area contributed by atoms with Crippen molar-refractivity contribution in [2.45, 2.75) is 36.6 Å². The Morgan fingerprint density at radius 2 is 1.92 bits per heavy atom. The third-order valence-electron chi connectivity index (χ3n) is 4.73. The van der Waals surface area contributed by atoms with Gasteiger partial charge in [-0.15, -0.1) is 0 Å². The van der Waals surface area contributed by atoms with Crippen molar-refractivity contribution in [1.29, 1.82) is 0 Å². The first-order valence-electron chi connectivity index (χ1n) is 8.37. The van der Waals surface area contributed by atoms with Crippen LogP contribution < -0.4 is 5.32 Å². The highest BCUT2D eigenvalue weighted by Gasteiger charge is 2.31. The second kappa shape index (κ2) is 6.73. The van der Waals surface area contributed by atoms with Crippen LogP contribution in [0.3, 0.4) is 0 Å². The number of hydrogen-bond acceptors (Lipinski definition) is 5. The second-order valence-electron chi connectivity index (χ2n) is 6.71. The molecule has 2 aliphatic rings. The molecule has 0 saturated carbocycles.